The zero-order valence-corrected chi connectivity index (χ0v) is 13.6. The maximum absolute atomic E-state index is 11.2. The highest BCUT2D eigenvalue weighted by molar-refractivity contribution is 5.94. The molecule has 3 aliphatic heterocycles. The molecule has 2 aromatic rings. The summed E-state index contributed by atoms with van der Waals surface area (Å²) in [6.07, 6.45) is 4.55. The molecule has 3 aliphatic rings. The zero-order chi connectivity index (χ0) is 17.3. The van der Waals surface area contributed by atoms with Gasteiger partial charge in [0.15, 0.2) is 5.76 Å². The molecule has 0 aliphatic carbocycles. The summed E-state index contributed by atoms with van der Waals surface area (Å²) in [5, 5.41) is 0.835. The smallest absolute Gasteiger partial charge is 0.284 e. The molecule has 7 heteroatoms. The molecule has 2 aromatic heterocycles. The molecular weight excluding hydrogens is 308 g/mol. The van der Waals surface area contributed by atoms with E-state index in [2.05, 4.69) is 22.5 Å². The molecule has 4 N–H and O–H groups in total. The van der Waals surface area contributed by atoms with Gasteiger partial charge >= 0.3 is 0 Å². The summed E-state index contributed by atoms with van der Waals surface area (Å²) >= 11 is 0. The van der Waals surface area contributed by atoms with E-state index in [1.807, 2.05) is 6.07 Å². The van der Waals surface area contributed by atoms with Crippen LogP contribution in [0.2, 0.25) is 0 Å². The lowest BCUT2D eigenvalue weighted by Gasteiger charge is -2.49. The average molecular weight is 330 g/mol. The summed E-state index contributed by atoms with van der Waals surface area (Å²) in [6, 6.07) is 4.17. The van der Waals surface area contributed by atoms with Crippen LogP contribution in [0.5, 0.6) is 0 Å². The summed E-state index contributed by atoms with van der Waals surface area (Å²) in [5.74, 6) is 0.828. The molecule has 128 valence electrons. The third-order valence-corrected chi connectivity index (χ3v) is 5.18. The molecule has 0 unspecified atom stereocenters. The Bertz CT molecular complexity index is 747. The molecule has 0 aromatic carbocycles. The number of nitrogens with zero attached hydrogens (tertiary/aromatic N) is 2. The largest absolute Gasteiger partial charge is 0.451 e. The van der Waals surface area contributed by atoms with Crippen LogP contribution in [0.1, 0.15) is 41.9 Å². The molecule has 2 atom stereocenters. The Balaban J connectivity index is 0.000000526. The van der Waals surface area contributed by atoms with E-state index >= 15 is 0 Å². The highest BCUT2D eigenvalue weighted by Crippen LogP contribution is 2.43. The molecule has 2 amide bonds. The number of piperidine rings is 3. The van der Waals surface area contributed by atoms with Crippen molar-refractivity contribution in [1.29, 1.82) is 0 Å². The number of furan rings is 1. The first kappa shape index (κ1) is 16.4. The number of primary amides is 2. The molecule has 5 heterocycles. The number of hydrogen-bond donors (Lipinski definition) is 2. The monoisotopic (exact) mass is 330 g/mol. The van der Waals surface area contributed by atoms with Gasteiger partial charge < -0.3 is 15.9 Å². The van der Waals surface area contributed by atoms with Gasteiger partial charge in [0.1, 0.15) is 5.58 Å². The lowest BCUT2D eigenvalue weighted by atomic mass is 9.72. The van der Waals surface area contributed by atoms with Crippen molar-refractivity contribution in [3.05, 3.63) is 29.8 Å². The predicted octanol–water partition coefficient (Wildman–Crippen LogP) is 1.23. The highest BCUT2D eigenvalue weighted by atomic mass is 16.3. The van der Waals surface area contributed by atoms with Crippen molar-refractivity contribution < 1.29 is 14.0 Å². The minimum Gasteiger partial charge on any atom is -0.451 e. The molecule has 0 radical (unpaired) electrons. The summed E-state index contributed by atoms with van der Waals surface area (Å²) in [6.45, 7) is 4.70. The second-order valence-electron chi connectivity index (χ2n) is 6.40. The molecule has 0 spiro atoms. The van der Waals surface area contributed by atoms with Crippen molar-refractivity contribution in [2.45, 2.75) is 31.7 Å². The van der Waals surface area contributed by atoms with Crippen molar-refractivity contribution in [2.75, 3.05) is 13.1 Å². The minimum absolute atomic E-state index is 0.200. The van der Waals surface area contributed by atoms with Crippen LogP contribution in [0.3, 0.4) is 0 Å². The fraction of sp³-hybridized carbons (Fsp3) is 0.471. The second-order valence-corrected chi connectivity index (χ2v) is 6.40. The number of nitrogens with two attached hydrogens (primary N) is 2. The predicted molar refractivity (Wildman–Crippen MR) is 89.3 cm³/mol. The van der Waals surface area contributed by atoms with Crippen LogP contribution in [-0.4, -0.2) is 41.3 Å². The van der Waals surface area contributed by atoms with Gasteiger partial charge in [-0.25, -0.2) is 0 Å². The van der Waals surface area contributed by atoms with E-state index in [1.54, 1.807) is 12.3 Å². The van der Waals surface area contributed by atoms with Gasteiger partial charge in [-0.15, -0.1) is 0 Å². The summed E-state index contributed by atoms with van der Waals surface area (Å²) in [5.41, 5.74) is 11.2. The van der Waals surface area contributed by atoms with Crippen molar-refractivity contribution in [3.63, 3.8) is 0 Å². The highest BCUT2D eigenvalue weighted by Gasteiger charge is 2.41. The third-order valence-electron chi connectivity index (χ3n) is 5.18. The van der Waals surface area contributed by atoms with Crippen LogP contribution < -0.4 is 11.5 Å². The lowest BCUT2D eigenvalue weighted by molar-refractivity contribution is -0.106. The van der Waals surface area contributed by atoms with Crippen LogP contribution in [-0.2, 0) is 4.79 Å². The summed E-state index contributed by atoms with van der Waals surface area (Å²) < 4.78 is 5.55. The second kappa shape index (κ2) is 6.60. The van der Waals surface area contributed by atoms with Crippen LogP contribution in [0.15, 0.2) is 22.7 Å². The fourth-order valence-corrected chi connectivity index (χ4v) is 4.05. The Kier molecular flexibility index (Phi) is 4.53. The number of aromatic nitrogens is 1. The molecular formula is C17H22N4O3. The minimum atomic E-state index is -0.538. The summed E-state index contributed by atoms with van der Waals surface area (Å²) in [7, 11) is 0. The number of fused-ring (bicyclic) bond motifs is 4. The van der Waals surface area contributed by atoms with E-state index in [0.717, 1.165) is 11.1 Å². The molecule has 3 fully saturated rings. The fourth-order valence-electron chi connectivity index (χ4n) is 4.05. The molecule has 3 saturated heterocycles. The van der Waals surface area contributed by atoms with Gasteiger partial charge in [-0.05, 0) is 44.8 Å². The van der Waals surface area contributed by atoms with Crippen molar-refractivity contribution in [2.24, 2.45) is 17.4 Å². The molecule has 24 heavy (non-hydrogen) atoms. The number of hydrogen-bond acceptors (Lipinski definition) is 5. The number of carbonyl (C=O) groups is 2. The van der Waals surface area contributed by atoms with Crippen LogP contribution in [0.25, 0.3) is 11.0 Å². The standard InChI is InChI=1S/C16H19N3O2.CH3NO/c1-9-15(10-2-4-19(9)5-3-10)12-7-13-11(8-18-12)6-14(21-13)16(17)20;2-1-3/h6-10,15H,2-5H2,1H3,(H2,17,20);1H,(H2,2,3)/t9-,15-;/m0./s1. The van der Waals surface area contributed by atoms with Crippen molar-refractivity contribution in [3.8, 4) is 0 Å². The van der Waals surface area contributed by atoms with E-state index in [9.17, 15) is 4.79 Å². The van der Waals surface area contributed by atoms with Gasteiger partial charge in [-0.1, -0.05) is 0 Å². The average Bonchev–Trinajstić information content (AvgIpc) is 3.00. The Labute approximate surface area is 140 Å². The Morgan fingerprint density at radius 3 is 2.62 bits per heavy atom. The first-order chi connectivity index (χ1) is 11.5. The van der Waals surface area contributed by atoms with Crippen molar-refractivity contribution >= 4 is 23.3 Å². The van der Waals surface area contributed by atoms with Gasteiger partial charge in [-0.2, -0.15) is 0 Å². The normalized spacial score (nSPS) is 28.2. The van der Waals surface area contributed by atoms with Crippen LogP contribution in [0, 0.1) is 5.92 Å². The van der Waals surface area contributed by atoms with E-state index in [4.69, 9.17) is 14.9 Å². The number of amides is 2. The Morgan fingerprint density at radius 1 is 1.38 bits per heavy atom. The maximum Gasteiger partial charge on any atom is 0.284 e. The Morgan fingerprint density at radius 2 is 2.04 bits per heavy atom. The quantitative estimate of drug-likeness (QED) is 0.803. The van der Waals surface area contributed by atoms with Gasteiger partial charge in [-0.3, -0.25) is 19.5 Å². The van der Waals surface area contributed by atoms with Gasteiger partial charge in [0.05, 0.1) is 0 Å². The molecule has 2 bridgehead atoms. The van der Waals surface area contributed by atoms with Gasteiger partial charge in [0.25, 0.3) is 5.91 Å². The topological polar surface area (TPSA) is 115 Å². The lowest BCUT2D eigenvalue weighted by Crippen LogP contribution is -2.52. The summed E-state index contributed by atoms with van der Waals surface area (Å²) in [4.78, 5) is 27.0. The van der Waals surface area contributed by atoms with E-state index < -0.39 is 5.91 Å². The van der Waals surface area contributed by atoms with Crippen LogP contribution in [0.4, 0.5) is 0 Å². The maximum atomic E-state index is 11.2. The van der Waals surface area contributed by atoms with E-state index in [0.29, 0.717) is 23.5 Å². The molecule has 7 nitrogen and oxygen atoms in total. The first-order valence-corrected chi connectivity index (χ1v) is 8.14. The number of carbonyl (C=O) groups excluding carboxylic acids is 2. The molecule has 5 rings (SSSR count). The molecule has 0 saturated carbocycles. The van der Waals surface area contributed by atoms with Gasteiger partial charge in [0, 0.05) is 35.3 Å². The van der Waals surface area contributed by atoms with Crippen molar-refractivity contribution in [1.82, 2.24) is 9.88 Å². The van der Waals surface area contributed by atoms with E-state index in [-0.39, 0.29) is 12.2 Å². The third kappa shape index (κ3) is 2.87. The SMILES string of the molecule is C[C@H]1[C@H](c2cc3oc(C(N)=O)cc3cn2)C2CCN1CC2.NC=O. The first-order valence-electron chi connectivity index (χ1n) is 8.14. The Hall–Kier alpha value is -2.41. The number of pyridine rings is 1. The van der Waals surface area contributed by atoms with Crippen LogP contribution >= 0.6 is 0 Å². The van der Waals surface area contributed by atoms with Gasteiger partial charge in [0.2, 0.25) is 6.41 Å². The van der Waals surface area contributed by atoms with E-state index in [1.165, 1.54) is 25.9 Å². The zero-order valence-electron chi connectivity index (χ0n) is 13.6. The number of rotatable bonds is 2.